The quantitative estimate of drug-likeness (QED) is 0.857. The van der Waals surface area contributed by atoms with E-state index in [0.29, 0.717) is 17.8 Å². The molecule has 2 aliphatic carbocycles. The molecule has 2 fully saturated rings. The average molecular weight is 280 g/mol. The molecule has 1 nitrogen and oxygen atoms in total. The zero-order chi connectivity index (χ0) is 14.6. The van der Waals surface area contributed by atoms with Gasteiger partial charge >= 0.3 is 0 Å². The van der Waals surface area contributed by atoms with Crippen molar-refractivity contribution in [2.24, 2.45) is 17.8 Å². The van der Waals surface area contributed by atoms with Crippen molar-refractivity contribution in [2.75, 3.05) is 0 Å². The highest BCUT2D eigenvalue weighted by molar-refractivity contribution is 5.83. The van der Waals surface area contributed by atoms with Crippen molar-refractivity contribution in [1.29, 1.82) is 0 Å². The van der Waals surface area contributed by atoms with Gasteiger partial charge in [-0.2, -0.15) is 0 Å². The van der Waals surface area contributed by atoms with E-state index in [0.717, 1.165) is 12.8 Å². The summed E-state index contributed by atoms with van der Waals surface area (Å²) in [7, 11) is 0. The van der Waals surface area contributed by atoms with Gasteiger partial charge in [0.15, 0.2) is 0 Å². The summed E-state index contributed by atoms with van der Waals surface area (Å²) in [5, 5.41) is 12.8. The van der Waals surface area contributed by atoms with E-state index in [1.54, 1.807) is 0 Å². The van der Waals surface area contributed by atoms with Gasteiger partial charge in [-0.1, -0.05) is 56.3 Å². The van der Waals surface area contributed by atoms with Gasteiger partial charge in [0.2, 0.25) is 0 Å². The SMILES string of the molecule is CC(C)C1(c2ccc3ccccc3c2)CC2CC1CC2O. The molecule has 4 rings (SSSR count). The van der Waals surface area contributed by atoms with Gasteiger partial charge in [0.05, 0.1) is 6.10 Å². The number of hydrogen-bond acceptors (Lipinski definition) is 1. The summed E-state index contributed by atoms with van der Waals surface area (Å²) in [6.07, 6.45) is 3.32. The summed E-state index contributed by atoms with van der Waals surface area (Å²) in [6.45, 7) is 4.73. The fraction of sp³-hybridized carbons (Fsp3) is 0.500. The molecular weight excluding hydrogens is 256 g/mol. The van der Waals surface area contributed by atoms with Crippen LogP contribution in [0.2, 0.25) is 0 Å². The lowest BCUT2D eigenvalue weighted by Gasteiger charge is -2.43. The first-order chi connectivity index (χ1) is 10.1. The van der Waals surface area contributed by atoms with Gasteiger partial charge in [-0.15, -0.1) is 0 Å². The van der Waals surface area contributed by atoms with Crippen molar-refractivity contribution in [3.63, 3.8) is 0 Å². The minimum atomic E-state index is -0.0534. The highest BCUT2D eigenvalue weighted by Crippen LogP contribution is 2.60. The Morgan fingerprint density at radius 1 is 1.05 bits per heavy atom. The predicted octanol–water partition coefficient (Wildman–Crippen LogP) is 4.52. The van der Waals surface area contributed by atoms with Gasteiger partial charge in [-0.3, -0.25) is 0 Å². The number of aliphatic hydroxyl groups is 1. The molecule has 21 heavy (non-hydrogen) atoms. The van der Waals surface area contributed by atoms with E-state index in [1.807, 2.05) is 0 Å². The summed E-state index contributed by atoms with van der Waals surface area (Å²) in [5.41, 5.74) is 1.77. The monoisotopic (exact) mass is 280 g/mol. The second-order valence-corrected chi connectivity index (χ2v) is 7.46. The molecule has 1 N–H and O–H groups in total. The lowest BCUT2D eigenvalue weighted by atomic mass is 9.61. The molecule has 0 amide bonds. The Morgan fingerprint density at radius 3 is 2.43 bits per heavy atom. The molecule has 2 aliphatic rings. The molecule has 110 valence electrons. The lowest BCUT2D eigenvalue weighted by Crippen LogP contribution is -2.41. The van der Waals surface area contributed by atoms with E-state index in [1.165, 1.54) is 22.8 Å². The minimum absolute atomic E-state index is 0.0534. The molecule has 2 saturated carbocycles. The van der Waals surface area contributed by atoms with Crippen LogP contribution in [0.15, 0.2) is 42.5 Å². The topological polar surface area (TPSA) is 20.2 Å². The van der Waals surface area contributed by atoms with Crippen LogP contribution in [0.4, 0.5) is 0 Å². The fourth-order valence-electron chi connectivity index (χ4n) is 5.22. The van der Waals surface area contributed by atoms with Crippen LogP contribution in [-0.4, -0.2) is 11.2 Å². The van der Waals surface area contributed by atoms with Gasteiger partial charge in [0.1, 0.15) is 0 Å². The zero-order valence-corrected chi connectivity index (χ0v) is 12.9. The van der Waals surface area contributed by atoms with Gasteiger partial charge in [0, 0.05) is 5.41 Å². The smallest absolute Gasteiger partial charge is 0.0571 e. The third-order valence-corrected chi connectivity index (χ3v) is 6.30. The Hall–Kier alpha value is -1.34. The van der Waals surface area contributed by atoms with Crippen LogP contribution >= 0.6 is 0 Å². The second-order valence-electron chi connectivity index (χ2n) is 7.46. The van der Waals surface area contributed by atoms with Crippen molar-refractivity contribution in [3.8, 4) is 0 Å². The Morgan fingerprint density at radius 2 is 1.81 bits per heavy atom. The molecular formula is C20H24O. The summed E-state index contributed by atoms with van der Waals surface area (Å²) >= 11 is 0. The highest BCUT2D eigenvalue weighted by atomic mass is 16.3. The van der Waals surface area contributed by atoms with Crippen LogP contribution in [0.25, 0.3) is 10.8 Å². The predicted molar refractivity (Wildman–Crippen MR) is 87.3 cm³/mol. The molecule has 0 heterocycles. The molecule has 1 heteroatoms. The third kappa shape index (κ3) is 1.80. The van der Waals surface area contributed by atoms with E-state index in [4.69, 9.17) is 0 Å². The Kier molecular flexibility index (Phi) is 2.91. The van der Waals surface area contributed by atoms with Crippen LogP contribution in [0.5, 0.6) is 0 Å². The first kappa shape index (κ1) is 13.3. The number of benzene rings is 2. The van der Waals surface area contributed by atoms with Crippen molar-refractivity contribution in [1.82, 2.24) is 0 Å². The molecule has 0 aromatic heterocycles. The number of hydrogen-bond donors (Lipinski definition) is 1. The van der Waals surface area contributed by atoms with Crippen molar-refractivity contribution in [2.45, 2.75) is 44.6 Å². The lowest BCUT2D eigenvalue weighted by molar-refractivity contribution is 0.0669. The highest BCUT2D eigenvalue weighted by Gasteiger charge is 2.56. The first-order valence-corrected chi connectivity index (χ1v) is 8.28. The molecule has 0 aliphatic heterocycles. The molecule has 4 atom stereocenters. The molecule has 0 saturated heterocycles. The Labute approximate surface area is 127 Å². The summed E-state index contributed by atoms with van der Waals surface area (Å²) in [6, 6.07) is 15.7. The average Bonchev–Trinajstić information content (AvgIpc) is 3.04. The Balaban J connectivity index is 1.84. The minimum Gasteiger partial charge on any atom is -0.393 e. The normalized spacial score (nSPS) is 35.0. The van der Waals surface area contributed by atoms with E-state index in [2.05, 4.69) is 56.3 Å². The van der Waals surface area contributed by atoms with Crippen LogP contribution in [0.1, 0.15) is 38.7 Å². The fourth-order valence-corrected chi connectivity index (χ4v) is 5.22. The van der Waals surface area contributed by atoms with E-state index < -0.39 is 0 Å². The van der Waals surface area contributed by atoms with E-state index in [-0.39, 0.29) is 11.5 Å². The van der Waals surface area contributed by atoms with Gasteiger partial charge < -0.3 is 5.11 Å². The van der Waals surface area contributed by atoms with Crippen molar-refractivity contribution in [3.05, 3.63) is 48.0 Å². The van der Waals surface area contributed by atoms with Gasteiger partial charge in [-0.25, -0.2) is 0 Å². The maximum atomic E-state index is 10.2. The number of rotatable bonds is 2. The largest absolute Gasteiger partial charge is 0.393 e. The van der Waals surface area contributed by atoms with E-state index in [9.17, 15) is 5.11 Å². The van der Waals surface area contributed by atoms with Gasteiger partial charge in [0.25, 0.3) is 0 Å². The van der Waals surface area contributed by atoms with Crippen LogP contribution < -0.4 is 0 Å². The first-order valence-electron chi connectivity index (χ1n) is 8.28. The van der Waals surface area contributed by atoms with Crippen LogP contribution in [-0.2, 0) is 5.41 Å². The summed E-state index contributed by atoms with van der Waals surface area (Å²) in [4.78, 5) is 0. The summed E-state index contributed by atoms with van der Waals surface area (Å²) < 4.78 is 0. The molecule has 2 aromatic carbocycles. The Bertz CT molecular complexity index is 672. The molecule has 0 radical (unpaired) electrons. The third-order valence-electron chi connectivity index (χ3n) is 6.30. The standard InChI is InChI=1S/C20H24O/c1-13(2)20(12-16-10-18(20)11-19(16)21)17-8-7-14-5-3-4-6-15(14)9-17/h3-9,13,16,18-19,21H,10-12H2,1-2H3. The maximum absolute atomic E-state index is 10.2. The van der Waals surface area contributed by atoms with E-state index >= 15 is 0 Å². The molecule has 2 aromatic rings. The zero-order valence-electron chi connectivity index (χ0n) is 12.9. The van der Waals surface area contributed by atoms with Crippen LogP contribution in [0.3, 0.4) is 0 Å². The number of aliphatic hydroxyl groups excluding tert-OH is 1. The molecule has 0 spiro atoms. The number of fused-ring (bicyclic) bond motifs is 3. The van der Waals surface area contributed by atoms with Crippen molar-refractivity contribution >= 4 is 10.8 Å². The molecule has 2 bridgehead atoms. The molecule has 4 unspecified atom stereocenters. The second kappa shape index (κ2) is 4.58. The van der Waals surface area contributed by atoms with Crippen LogP contribution in [0, 0.1) is 17.8 Å². The summed E-state index contributed by atoms with van der Waals surface area (Å²) in [5.74, 6) is 1.80. The van der Waals surface area contributed by atoms with Crippen molar-refractivity contribution < 1.29 is 5.11 Å². The maximum Gasteiger partial charge on any atom is 0.0571 e. The van der Waals surface area contributed by atoms with Gasteiger partial charge in [-0.05, 0) is 53.4 Å².